The zero-order valence-corrected chi connectivity index (χ0v) is 16.9. The van der Waals surface area contributed by atoms with Crippen LogP contribution in [-0.2, 0) is 9.59 Å². The fraction of sp³-hybridized carbons (Fsp3) is 0.167. The number of nitrogens with one attached hydrogen (secondary N) is 2. The van der Waals surface area contributed by atoms with Gasteiger partial charge in [-0.1, -0.05) is 42.5 Å². The zero-order valence-electron chi connectivity index (χ0n) is 16.9. The van der Waals surface area contributed by atoms with E-state index in [0.717, 1.165) is 5.56 Å². The molecule has 0 spiro atoms. The Morgan fingerprint density at radius 2 is 1.53 bits per heavy atom. The molecule has 2 amide bonds. The molecule has 0 fully saturated rings. The number of hydrogen-bond donors (Lipinski definition) is 2. The maximum Gasteiger partial charge on any atom is 0.226 e. The number of amides is 2. The average molecular weight is 404 g/mol. The van der Waals surface area contributed by atoms with Gasteiger partial charge in [-0.25, -0.2) is 0 Å². The summed E-state index contributed by atoms with van der Waals surface area (Å²) in [5.74, 6) is 1.47. The van der Waals surface area contributed by atoms with Crippen LogP contribution in [-0.4, -0.2) is 18.9 Å². The van der Waals surface area contributed by atoms with Crippen molar-refractivity contribution in [1.82, 2.24) is 5.32 Å². The highest BCUT2D eigenvalue weighted by atomic mass is 16.5. The van der Waals surface area contributed by atoms with E-state index in [9.17, 15) is 9.59 Å². The minimum atomic E-state index is -0.462. The standard InChI is InChI=1S/C24H24N2O4/c1-17(27)25-22(18-12-14-19(29-2)15-13-18)16-24(28)26-21-10-6-7-11-23(21)30-20-8-4-3-5-9-20/h3-15,22H,16H2,1-2H3,(H,25,27)(H,26,28). The van der Waals surface area contributed by atoms with Gasteiger partial charge in [0.05, 0.1) is 25.3 Å². The largest absolute Gasteiger partial charge is 0.497 e. The first kappa shape index (κ1) is 20.9. The summed E-state index contributed by atoms with van der Waals surface area (Å²) in [7, 11) is 1.59. The van der Waals surface area contributed by atoms with E-state index in [4.69, 9.17) is 9.47 Å². The van der Waals surface area contributed by atoms with Gasteiger partial charge in [0.25, 0.3) is 0 Å². The molecule has 6 nitrogen and oxygen atoms in total. The third-order valence-electron chi connectivity index (χ3n) is 4.42. The third-order valence-corrected chi connectivity index (χ3v) is 4.42. The van der Waals surface area contributed by atoms with Crippen molar-refractivity contribution < 1.29 is 19.1 Å². The highest BCUT2D eigenvalue weighted by Gasteiger charge is 2.18. The van der Waals surface area contributed by atoms with Crippen molar-refractivity contribution in [2.24, 2.45) is 0 Å². The molecule has 30 heavy (non-hydrogen) atoms. The van der Waals surface area contributed by atoms with E-state index in [1.165, 1.54) is 6.92 Å². The Balaban J connectivity index is 1.73. The number of hydrogen-bond acceptors (Lipinski definition) is 4. The Hall–Kier alpha value is -3.80. The lowest BCUT2D eigenvalue weighted by Gasteiger charge is -2.19. The van der Waals surface area contributed by atoms with Crippen molar-refractivity contribution in [3.8, 4) is 17.2 Å². The molecule has 0 saturated carbocycles. The van der Waals surface area contributed by atoms with Gasteiger partial charge in [-0.05, 0) is 42.0 Å². The molecule has 0 aromatic heterocycles. The first-order valence-electron chi connectivity index (χ1n) is 9.58. The molecule has 0 aliphatic rings. The molecule has 0 bridgehead atoms. The first-order valence-corrected chi connectivity index (χ1v) is 9.58. The first-order chi connectivity index (χ1) is 14.5. The molecular weight excluding hydrogens is 380 g/mol. The van der Waals surface area contributed by atoms with Crippen LogP contribution in [0.15, 0.2) is 78.9 Å². The highest BCUT2D eigenvalue weighted by Crippen LogP contribution is 2.30. The second-order valence-electron chi connectivity index (χ2n) is 6.69. The van der Waals surface area contributed by atoms with Crippen LogP contribution in [0.3, 0.4) is 0 Å². The Bertz CT molecular complexity index is 988. The smallest absolute Gasteiger partial charge is 0.226 e. The number of para-hydroxylation sites is 3. The van der Waals surface area contributed by atoms with E-state index in [1.54, 1.807) is 31.4 Å². The van der Waals surface area contributed by atoms with Crippen molar-refractivity contribution in [2.45, 2.75) is 19.4 Å². The van der Waals surface area contributed by atoms with Gasteiger partial charge in [-0.2, -0.15) is 0 Å². The molecular formula is C24H24N2O4. The van der Waals surface area contributed by atoms with Crippen LogP contribution < -0.4 is 20.1 Å². The van der Waals surface area contributed by atoms with Gasteiger partial charge < -0.3 is 20.1 Å². The van der Waals surface area contributed by atoms with Crippen LogP contribution in [0.4, 0.5) is 5.69 Å². The van der Waals surface area contributed by atoms with Crippen molar-refractivity contribution in [1.29, 1.82) is 0 Å². The zero-order chi connectivity index (χ0) is 21.3. The summed E-state index contributed by atoms with van der Waals surface area (Å²) in [6, 6.07) is 23.4. The molecule has 0 aliphatic carbocycles. The summed E-state index contributed by atoms with van der Waals surface area (Å²) in [6.07, 6.45) is 0.0750. The minimum Gasteiger partial charge on any atom is -0.497 e. The highest BCUT2D eigenvalue weighted by molar-refractivity contribution is 5.93. The maximum absolute atomic E-state index is 12.8. The summed E-state index contributed by atoms with van der Waals surface area (Å²) in [5, 5.41) is 5.72. The van der Waals surface area contributed by atoms with Gasteiger partial charge in [0.2, 0.25) is 11.8 Å². The van der Waals surface area contributed by atoms with E-state index >= 15 is 0 Å². The fourth-order valence-corrected chi connectivity index (χ4v) is 2.99. The summed E-state index contributed by atoms with van der Waals surface area (Å²) >= 11 is 0. The van der Waals surface area contributed by atoms with E-state index in [2.05, 4.69) is 10.6 Å². The van der Waals surface area contributed by atoms with Crippen molar-refractivity contribution in [2.75, 3.05) is 12.4 Å². The quantitative estimate of drug-likeness (QED) is 0.571. The third kappa shape index (κ3) is 5.85. The van der Waals surface area contributed by atoms with Gasteiger partial charge in [-0.3, -0.25) is 9.59 Å². The lowest BCUT2D eigenvalue weighted by Crippen LogP contribution is -2.29. The molecule has 6 heteroatoms. The monoisotopic (exact) mass is 404 g/mol. The lowest BCUT2D eigenvalue weighted by atomic mass is 10.0. The maximum atomic E-state index is 12.8. The number of anilines is 1. The van der Waals surface area contributed by atoms with Gasteiger partial charge in [-0.15, -0.1) is 0 Å². The number of carbonyl (C=O) groups excluding carboxylic acids is 2. The van der Waals surface area contributed by atoms with Gasteiger partial charge in [0, 0.05) is 6.92 Å². The number of ether oxygens (including phenoxy) is 2. The second-order valence-corrected chi connectivity index (χ2v) is 6.69. The molecule has 1 unspecified atom stereocenters. The molecule has 3 aromatic carbocycles. The van der Waals surface area contributed by atoms with Crippen LogP contribution >= 0.6 is 0 Å². The van der Waals surface area contributed by atoms with Crippen LogP contribution in [0.1, 0.15) is 24.9 Å². The van der Waals surface area contributed by atoms with E-state index in [-0.39, 0.29) is 18.2 Å². The SMILES string of the molecule is COc1ccc(C(CC(=O)Nc2ccccc2Oc2ccccc2)NC(C)=O)cc1. The number of rotatable bonds is 8. The van der Waals surface area contributed by atoms with Crippen LogP contribution in [0.5, 0.6) is 17.2 Å². The molecule has 0 heterocycles. The molecule has 0 aliphatic heterocycles. The minimum absolute atomic E-state index is 0.0750. The average Bonchev–Trinajstić information content (AvgIpc) is 2.75. The summed E-state index contributed by atoms with van der Waals surface area (Å²) in [5.41, 5.74) is 1.37. The lowest BCUT2D eigenvalue weighted by molar-refractivity contribution is -0.120. The number of methoxy groups -OCH3 is 1. The molecule has 3 aromatic rings. The molecule has 0 radical (unpaired) electrons. The fourth-order valence-electron chi connectivity index (χ4n) is 2.99. The van der Waals surface area contributed by atoms with E-state index < -0.39 is 6.04 Å². The predicted molar refractivity (Wildman–Crippen MR) is 116 cm³/mol. The summed E-state index contributed by atoms with van der Waals surface area (Å²) < 4.78 is 11.1. The topological polar surface area (TPSA) is 76.7 Å². The number of carbonyl (C=O) groups is 2. The number of benzene rings is 3. The molecule has 0 saturated heterocycles. The molecule has 154 valence electrons. The van der Waals surface area contributed by atoms with Gasteiger partial charge >= 0.3 is 0 Å². The van der Waals surface area contributed by atoms with Gasteiger partial charge in [0.15, 0.2) is 5.75 Å². The van der Waals surface area contributed by atoms with E-state index in [1.807, 2.05) is 54.6 Å². The Kier molecular flexibility index (Phi) is 7.05. The molecule has 3 rings (SSSR count). The van der Waals surface area contributed by atoms with Crippen molar-refractivity contribution in [3.05, 3.63) is 84.4 Å². The Morgan fingerprint density at radius 1 is 0.867 bits per heavy atom. The van der Waals surface area contributed by atoms with Crippen LogP contribution in [0.2, 0.25) is 0 Å². The summed E-state index contributed by atoms with van der Waals surface area (Å²) in [6.45, 7) is 1.43. The molecule has 1 atom stereocenters. The van der Waals surface area contributed by atoms with Gasteiger partial charge in [0.1, 0.15) is 11.5 Å². The summed E-state index contributed by atoms with van der Waals surface area (Å²) in [4.78, 5) is 24.4. The molecule has 2 N–H and O–H groups in total. The normalized spacial score (nSPS) is 11.3. The van der Waals surface area contributed by atoms with Crippen molar-refractivity contribution in [3.63, 3.8) is 0 Å². The Morgan fingerprint density at radius 3 is 2.20 bits per heavy atom. The predicted octanol–water partition coefficient (Wildman–Crippen LogP) is 4.69. The second kappa shape index (κ2) is 10.1. The Labute approximate surface area is 175 Å². The van der Waals surface area contributed by atoms with Crippen LogP contribution in [0, 0.1) is 0 Å². The van der Waals surface area contributed by atoms with Crippen molar-refractivity contribution >= 4 is 17.5 Å². The van der Waals surface area contributed by atoms with E-state index in [0.29, 0.717) is 22.9 Å². The van der Waals surface area contributed by atoms with Crippen LogP contribution in [0.25, 0.3) is 0 Å².